The number of carboxylic acid groups (broad SMARTS) is 1. The lowest BCUT2D eigenvalue weighted by Crippen LogP contribution is -2.10. The Labute approximate surface area is 98.8 Å². The molecule has 3 nitrogen and oxygen atoms in total. The maximum absolute atomic E-state index is 10.7. The standard InChI is InChI=1S/C9H12O3.2C2H6/c1-6-3-4-8(12-2)7(5-6)9(10)11;2*1-2/h4-6H,3H2,1-2H3,(H,10,11);2*1-2H3. The van der Waals surface area contributed by atoms with Crippen molar-refractivity contribution >= 4 is 5.97 Å². The average Bonchev–Trinajstić information content (AvgIpc) is 2.34. The molecular formula is C13H24O3. The van der Waals surface area contributed by atoms with Crippen LogP contribution in [0, 0.1) is 5.92 Å². The minimum absolute atomic E-state index is 0.274. The first-order valence-corrected chi connectivity index (χ1v) is 5.84. The Hall–Kier alpha value is -1.25. The maximum Gasteiger partial charge on any atom is 0.339 e. The van der Waals surface area contributed by atoms with Crippen molar-refractivity contribution in [3.05, 3.63) is 23.5 Å². The molecule has 0 aliphatic heterocycles. The third kappa shape index (κ3) is 5.59. The molecule has 1 unspecified atom stereocenters. The molecule has 0 aromatic carbocycles. The van der Waals surface area contributed by atoms with E-state index in [2.05, 4.69) is 0 Å². The average molecular weight is 228 g/mol. The van der Waals surface area contributed by atoms with E-state index in [0.717, 1.165) is 6.42 Å². The molecule has 1 aliphatic carbocycles. The molecule has 0 heterocycles. The van der Waals surface area contributed by atoms with Gasteiger partial charge in [-0.25, -0.2) is 4.79 Å². The fourth-order valence-electron chi connectivity index (χ4n) is 1.21. The third-order valence-electron chi connectivity index (χ3n) is 1.84. The van der Waals surface area contributed by atoms with Gasteiger partial charge < -0.3 is 9.84 Å². The fraction of sp³-hybridized carbons (Fsp3) is 0.615. The van der Waals surface area contributed by atoms with Gasteiger partial charge in [-0.15, -0.1) is 0 Å². The van der Waals surface area contributed by atoms with Crippen molar-refractivity contribution in [2.75, 3.05) is 7.11 Å². The summed E-state index contributed by atoms with van der Waals surface area (Å²) < 4.78 is 4.93. The summed E-state index contributed by atoms with van der Waals surface area (Å²) in [5.74, 6) is -0.162. The normalized spacial score (nSPS) is 17.8. The zero-order chi connectivity index (χ0) is 13.1. The van der Waals surface area contributed by atoms with Gasteiger partial charge in [-0.1, -0.05) is 40.7 Å². The molecule has 0 aromatic heterocycles. The van der Waals surface area contributed by atoms with Crippen LogP contribution in [0.15, 0.2) is 23.5 Å². The number of rotatable bonds is 2. The summed E-state index contributed by atoms with van der Waals surface area (Å²) in [6.45, 7) is 9.98. The summed E-state index contributed by atoms with van der Waals surface area (Å²) in [5.41, 5.74) is 0.274. The predicted molar refractivity (Wildman–Crippen MR) is 67.3 cm³/mol. The Balaban J connectivity index is 0. The van der Waals surface area contributed by atoms with Crippen LogP contribution in [-0.2, 0) is 9.53 Å². The topological polar surface area (TPSA) is 46.5 Å². The SMILES string of the molecule is CC.CC.COC1=CCC(C)C=C1C(=O)O. The number of ether oxygens (including phenoxy) is 1. The molecule has 1 N–H and O–H groups in total. The van der Waals surface area contributed by atoms with Gasteiger partial charge in [0.05, 0.1) is 12.7 Å². The Kier molecular flexibility index (Phi) is 11.0. The van der Waals surface area contributed by atoms with Gasteiger partial charge in [0, 0.05) is 0 Å². The van der Waals surface area contributed by atoms with Crippen LogP contribution in [0.4, 0.5) is 0 Å². The number of hydrogen-bond donors (Lipinski definition) is 1. The van der Waals surface area contributed by atoms with E-state index in [4.69, 9.17) is 9.84 Å². The van der Waals surface area contributed by atoms with E-state index >= 15 is 0 Å². The van der Waals surface area contributed by atoms with Crippen molar-refractivity contribution in [1.82, 2.24) is 0 Å². The van der Waals surface area contributed by atoms with Crippen molar-refractivity contribution < 1.29 is 14.6 Å². The highest BCUT2D eigenvalue weighted by atomic mass is 16.5. The molecule has 0 radical (unpaired) electrons. The van der Waals surface area contributed by atoms with E-state index in [0.29, 0.717) is 5.76 Å². The van der Waals surface area contributed by atoms with Crippen LogP contribution in [0.5, 0.6) is 0 Å². The Morgan fingerprint density at radius 1 is 1.38 bits per heavy atom. The number of allylic oxidation sites excluding steroid dienone is 2. The van der Waals surface area contributed by atoms with E-state index in [-0.39, 0.29) is 11.5 Å². The van der Waals surface area contributed by atoms with Crippen molar-refractivity contribution in [2.24, 2.45) is 5.92 Å². The van der Waals surface area contributed by atoms with Crippen molar-refractivity contribution in [1.29, 1.82) is 0 Å². The Morgan fingerprint density at radius 2 is 1.88 bits per heavy atom. The van der Waals surface area contributed by atoms with Gasteiger partial charge in [0.1, 0.15) is 5.76 Å². The lowest BCUT2D eigenvalue weighted by molar-refractivity contribution is -0.132. The van der Waals surface area contributed by atoms with Gasteiger partial charge in [-0.05, 0) is 18.4 Å². The Bertz CT molecular complexity index is 252. The number of aliphatic carboxylic acids is 1. The first-order chi connectivity index (χ1) is 7.65. The minimum atomic E-state index is -0.922. The lowest BCUT2D eigenvalue weighted by Gasteiger charge is -2.15. The highest BCUT2D eigenvalue weighted by Gasteiger charge is 2.18. The lowest BCUT2D eigenvalue weighted by atomic mass is 9.96. The minimum Gasteiger partial charge on any atom is -0.496 e. The Morgan fingerprint density at radius 3 is 2.25 bits per heavy atom. The first-order valence-electron chi connectivity index (χ1n) is 5.84. The summed E-state index contributed by atoms with van der Waals surface area (Å²) in [6.07, 6.45) is 4.38. The molecule has 1 aliphatic rings. The van der Waals surface area contributed by atoms with Crippen LogP contribution in [0.3, 0.4) is 0 Å². The summed E-state index contributed by atoms with van der Waals surface area (Å²) in [7, 11) is 1.48. The van der Waals surface area contributed by atoms with Crippen molar-refractivity contribution in [3.63, 3.8) is 0 Å². The second kappa shape index (κ2) is 10.3. The summed E-state index contributed by atoms with van der Waals surface area (Å²) in [4.78, 5) is 10.7. The van der Waals surface area contributed by atoms with Crippen LogP contribution in [-0.4, -0.2) is 18.2 Å². The largest absolute Gasteiger partial charge is 0.496 e. The van der Waals surface area contributed by atoms with Crippen LogP contribution >= 0.6 is 0 Å². The highest BCUT2D eigenvalue weighted by molar-refractivity contribution is 5.91. The summed E-state index contributed by atoms with van der Waals surface area (Å²) >= 11 is 0. The number of carbonyl (C=O) groups is 1. The molecule has 0 amide bonds. The van der Waals surface area contributed by atoms with Crippen LogP contribution in [0.1, 0.15) is 41.0 Å². The molecular weight excluding hydrogens is 204 g/mol. The predicted octanol–water partition coefficient (Wildman–Crippen LogP) is 3.62. The van der Waals surface area contributed by atoms with E-state index in [9.17, 15) is 4.79 Å². The van der Waals surface area contributed by atoms with E-state index in [1.807, 2.05) is 40.7 Å². The molecule has 94 valence electrons. The molecule has 1 rings (SSSR count). The first kappa shape index (κ1) is 17.2. The zero-order valence-corrected chi connectivity index (χ0v) is 11.2. The molecule has 0 saturated heterocycles. The second-order valence-corrected chi connectivity index (χ2v) is 2.87. The number of hydrogen-bond acceptors (Lipinski definition) is 2. The zero-order valence-electron chi connectivity index (χ0n) is 11.2. The maximum atomic E-state index is 10.7. The molecule has 16 heavy (non-hydrogen) atoms. The van der Waals surface area contributed by atoms with Gasteiger partial charge >= 0.3 is 5.97 Å². The molecule has 0 fully saturated rings. The second-order valence-electron chi connectivity index (χ2n) is 2.87. The monoisotopic (exact) mass is 228 g/mol. The van der Waals surface area contributed by atoms with E-state index < -0.39 is 5.97 Å². The molecule has 3 heteroatoms. The van der Waals surface area contributed by atoms with Gasteiger partial charge in [0.15, 0.2) is 0 Å². The van der Waals surface area contributed by atoms with Crippen molar-refractivity contribution in [2.45, 2.75) is 41.0 Å². The highest BCUT2D eigenvalue weighted by Crippen LogP contribution is 2.22. The molecule has 1 atom stereocenters. The van der Waals surface area contributed by atoms with Gasteiger partial charge in [0.2, 0.25) is 0 Å². The van der Waals surface area contributed by atoms with Crippen LogP contribution in [0.25, 0.3) is 0 Å². The van der Waals surface area contributed by atoms with Gasteiger partial charge in [-0.3, -0.25) is 0 Å². The molecule has 0 aromatic rings. The molecule has 0 bridgehead atoms. The fourth-order valence-corrected chi connectivity index (χ4v) is 1.21. The number of carboxylic acids is 1. The van der Waals surface area contributed by atoms with E-state index in [1.54, 1.807) is 6.08 Å². The van der Waals surface area contributed by atoms with Gasteiger partial charge in [0.25, 0.3) is 0 Å². The molecule has 0 saturated carbocycles. The van der Waals surface area contributed by atoms with Crippen molar-refractivity contribution in [3.8, 4) is 0 Å². The van der Waals surface area contributed by atoms with Crippen LogP contribution in [0.2, 0.25) is 0 Å². The van der Waals surface area contributed by atoms with Gasteiger partial charge in [-0.2, -0.15) is 0 Å². The molecule has 0 spiro atoms. The quantitative estimate of drug-likeness (QED) is 0.785. The van der Waals surface area contributed by atoms with Crippen LogP contribution < -0.4 is 0 Å². The number of methoxy groups -OCH3 is 1. The summed E-state index contributed by atoms with van der Waals surface area (Å²) in [5, 5.41) is 8.77. The smallest absolute Gasteiger partial charge is 0.339 e. The summed E-state index contributed by atoms with van der Waals surface area (Å²) in [6, 6.07) is 0. The third-order valence-corrected chi connectivity index (χ3v) is 1.84. The van der Waals surface area contributed by atoms with E-state index in [1.165, 1.54) is 7.11 Å².